The smallest absolute Gasteiger partial charge is 0.229 e. The fourth-order valence-electron chi connectivity index (χ4n) is 4.09. The lowest BCUT2D eigenvalue weighted by Gasteiger charge is -2.28. The van der Waals surface area contributed by atoms with E-state index >= 15 is 0 Å². The average molecular weight is 482 g/mol. The predicted octanol–water partition coefficient (Wildman–Crippen LogP) is 3.28. The van der Waals surface area contributed by atoms with Gasteiger partial charge in [-0.25, -0.2) is 13.4 Å². The minimum Gasteiger partial charge on any atom is -0.357 e. The van der Waals surface area contributed by atoms with Crippen LogP contribution in [-0.4, -0.2) is 64.4 Å². The third-order valence-corrected chi connectivity index (χ3v) is 6.39. The first-order valence-corrected chi connectivity index (χ1v) is 12.9. The van der Waals surface area contributed by atoms with Gasteiger partial charge < -0.3 is 20.5 Å². The number of nitrogens with zero attached hydrogens (tertiary/aromatic N) is 5. The molecular formula is C22H27N9O2S. The monoisotopic (exact) mass is 481 g/mol. The molecule has 0 amide bonds. The van der Waals surface area contributed by atoms with Gasteiger partial charge in [0.15, 0.2) is 5.82 Å². The molecule has 0 aliphatic carbocycles. The number of para-hydroxylation sites is 2. The van der Waals surface area contributed by atoms with Gasteiger partial charge >= 0.3 is 0 Å². The minimum absolute atomic E-state index is 0.385. The predicted molar refractivity (Wildman–Crippen MR) is 133 cm³/mol. The first-order chi connectivity index (χ1) is 16.3. The number of hydrogen-bond acceptors (Lipinski definition) is 8. The molecule has 0 radical (unpaired) electrons. The van der Waals surface area contributed by atoms with Gasteiger partial charge in [0, 0.05) is 12.4 Å². The lowest BCUT2D eigenvalue weighted by molar-refractivity contribution is 0.212. The van der Waals surface area contributed by atoms with Crippen LogP contribution in [0.5, 0.6) is 0 Å². The van der Waals surface area contributed by atoms with Crippen molar-refractivity contribution in [3.8, 4) is 0 Å². The van der Waals surface area contributed by atoms with Crippen LogP contribution in [0.15, 0.2) is 48.9 Å². The van der Waals surface area contributed by atoms with Crippen LogP contribution in [0.3, 0.4) is 0 Å². The molecule has 0 saturated carbocycles. The van der Waals surface area contributed by atoms with E-state index in [1.54, 1.807) is 30.6 Å². The summed E-state index contributed by atoms with van der Waals surface area (Å²) < 4.78 is 28.1. The third kappa shape index (κ3) is 4.97. The Morgan fingerprint density at radius 1 is 1.06 bits per heavy atom. The van der Waals surface area contributed by atoms with E-state index in [4.69, 9.17) is 0 Å². The summed E-state index contributed by atoms with van der Waals surface area (Å²) in [6, 6.07) is 9.29. The van der Waals surface area contributed by atoms with Crippen LogP contribution in [0.4, 0.5) is 28.8 Å². The van der Waals surface area contributed by atoms with Crippen molar-refractivity contribution in [2.45, 2.75) is 18.9 Å². The Morgan fingerprint density at radius 2 is 1.82 bits per heavy atom. The molecule has 1 fully saturated rings. The van der Waals surface area contributed by atoms with Gasteiger partial charge in [0.2, 0.25) is 16.0 Å². The lowest BCUT2D eigenvalue weighted by Crippen LogP contribution is -2.31. The summed E-state index contributed by atoms with van der Waals surface area (Å²) in [7, 11) is -1.30. The Labute approximate surface area is 197 Å². The SMILES string of the molecule is CN1CCC(n2cc(Nc3nc(Nc4ccccc4NS(C)(=O)=O)c4[nH]ccc4n3)cn2)CC1. The number of sulfonamides is 1. The minimum atomic E-state index is -3.44. The van der Waals surface area contributed by atoms with Crippen LogP contribution < -0.4 is 15.4 Å². The molecule has 0 bridgehead atoms. The van der Waals surface area contributed by atoms with Crippen molar-refractivity contribution in [2.24, 2.45) is 0 Å². The molecule has 1 aromatic carbocycles. The van der Waals surface area contributed by atoms with Crippen LogP contribution in [0.25, 0.3) is 11.0 Å². The highest BCUT2D eigenvalue weighted by Crippen LogP contribution is 2.30. The van der Waals surface area contributed by atoms with E-state index in [2.05, 4.69) is 47.4 Å². The van der Waals surface area contributed by atoms with Crippen molar-refractivity contribution in [3.05, 3.63) is 48.9 Å². The van der Waals surface area contributed by atoms with E-state index in [-0.39, 0.29) is 0 Å². The fourth-order valence-corrected chi connectivity index (χ4v) is 4.67. The summed E-state index contributed by atoms with van der Waals surface area (Å²) in [4.78, 5) is 14.7. The van der Waals surface area contributed by atoms with Gasteiger partial charge in [0.05, 0.1) is 41.1 Å². The molecule has 1 aliphatic heterocycles. The van der Waals surface area contributed by atoms with Crippen LogP contribution in [0.2, 0.25) is 0 Å². The van der Waals surface area contributed by atoms with Crippen molar-refractivity contribution in [1.29, 1.82) is 0 Å². The lowest BCUT2D eigenvalue weighted by atomic mass is 10.1. The molecule has 12 heteroatoms. The molecule has 0 unspecified atom stereocenters. The fraction of sp³-hybridized carbons (Fsp3) is 0.318. The topological polar surface area (TPSA) is 133 Å². The van der Waals surface area contributed by atoms with Crippen molar-refractivity contribution in [1.82, 2.24) is 29.6 Å². The molecular weight excluding hydrogens is 454 g/mol. The Hall–Kier alpha value is -3.64. The number of benzene rings is 1. The highest BCUT2D eigenvalue weighted by atomic mass is 32.2. The Morgan fingerprint density at radius 3 is 2.59 bits per heavy atom. The molecule has 0 spiro atoms. The Bertz CT molecular complexity index is 1400. The molecule has 0 atom stereocenters. The van der Waals surface area contributed by atoms with Crippen molar-refractivity contribution in [2.75, 3.05) is 41.7 Å². The van der Waals surface area contributed by atoms with E-state index < -0.39 is 10.0 Å². The zero-order valence-corrected chi connectivity index (χ0v) is 19.8. The summed E-state index contributed by atoms with van der Waals surface area (Å²) in [5, 5.41) is 11.0. The standard InChI is InChI=1S/C22H27N9O2S/c1-30-11-8-16(9-12-30)31-14-15(13-24-31)25-22-27-19-7-10-23-20(19)21(28-22)26-17-5-3-4-6-18(17)29-34(2,32)33/h3-7,10,13-14,16,23,29H,8-9,11-12H2,1-2H3,(H2,25,26,27,28). The Balaban J connectivity index is 1.40. The second-order valence-electron chi connectivity index (χ2n) is 8.55. The molecule has 5 rings (SSSR count). The first kappa shape index (κ1) is 22.2. The van der Waals surface area contributed by atoms with Gasteiger partial charge in [-0.1, -0.05) is 12.1 Å². The van der Waals surface area contributed by atoms with Crippen molar-refractivity contribution < 1.29 is 8.42 Å². The van der Waals surface area contributed by atoms with Gasteiger partial charge in [-0.3, -0.25) is 9.40 Å². The number of piperidine rings is 1. The summed E-state index contributed by atoms with van der Waals surface area (Å²) in [6.45, 7) is 2.12. The molecule has 4 N–H and O–H groups in total. The van der Waals surface area contributed by atoms with Gasteiger partial charge in [-0.05, 0) is 51.2 Å². The van der Waals surface area contributed by atoms with Crippen LogP contribution in [-0.2, 0) is 10.0 Å². The number of rotatable bonds is 7. The quantitative estimate of drug-likeness (QED) is 0.316. The van der Waals surface area contributed by atoms with Crippen molar-refractivity contribution in [3.63, 3.8) is 0 Å². The van der Waals surface area contributed by atoms with Gasteiger partial charge in [0.25, 0.3) is 0 Å². The van der Waals surface area contributed by atoms with Crippen LogP contribution in [0.1, 0.15) is 18.9 Å². The van der Waals surface area contributed by atoms with Gasteiger partial charge in [-0.15, -0.1) is 0 Å². The maximum absolute atomic E-state index is 11.8. The molecule has 3 aromatic heterocycles. The molecule has 11 nitrogen and oxygen atoms in total. The second kappa shape index (κ2) is 8.95. The molecule has 178 valence electrons. The van der Waals surface area contributed by atoms with E-state index in [9.17, 15) is 8.42 Å². The number of aromatic nitrogens is 5. The van der Waals surface area contributed by atoms with E-state index in [0.29, 0.717) is 34.7 Å². The first-order valence-electron chi connectivity index (χ1n) is 11.0. The number of hydrogen-bond donors (Lipinski definition) is 4. The number of aromatic amines is 1. The maximum Gasteiger partial charge on any atom is 0.229 e. The van der Waals surface area contributed by atoms with E-state index in [1.807, 2.05) is 23.0 Å². The maximum atomic E-state index is 11.8. The molecule has 4 heterocycles. The van der Waals surface area contributed by atoms with Gasteiger partial charge in [-0.2, -0.15) is 10.1 Å². The summed E-state index contributed by atoms with van der Waals surface area (Å²) >= 11 is 0. The number of fused-ring (bicyclic) bond motifs is 1. The number of H-pyrrole nitrogens is 1. The summed E-state index contributed by atoms with van der Waals surface area (Å²) in [6.07, 6.45) is 8.80. The Kier molecular flexibility index (Phi) is 5.84. The zero-order chi connectivity index (χ0) is 23.7. The van der Waals surface area contributed by atoms with E-state index in [1.165, 1.54) is 0 Å². The van der Waals surface area contributed by atoms with E-state index in [0.717, 1.165) is 43.4 Å². The summed E-state index contributed by atoms with van der Waals surface area (Å²) in [5.74, 6) is 0.925. The highest BCUT2D eigenvalue weighted by Gasteiger charge is 2.19. The molecule has 1 aliphatic rings. The second-order valence-corrected chi connectivity index (χ2v) is 10.3. The molecule has 34 heavy (non-hydrogen) atoms. The van der Waals surface area contributed by atoms with Crippen molar-refractivity contribution >= 4 is 49.9 Å². The van der Waals surface area contributed by atoms with Crippen LogP contribution in [0, 0.1) is 0 Å². The van der Waals surface area contributed by atoms with Gasteiger partial charge in [0.1, 0.15) is 5.52 Å². The van der Waals surface area contributed by atoms with Crippen LogP contribution >= 0.6 is 0 Å². The molecule has 1 saturated heterocycles. The molecule has 4 aromatic rings. The zero-order valence-electron chi connectivity index (χ0n) is 19.0. The normalized spacial score (nSPS) is 15.5. The largest absolute Gasteiger partial charge is 0.357 e. The highest BCUT2D eigenvalue weighted by molar-refractivity contribution is 7.92. The summed E-state index contributed by atoms with van der Waals surface area (Å²) in [5.41, 5.74) is 3.23. The average Bonchev–Trinajstić information content (AvgIpc) is 3.44. The number of nitrogens with one attached hydrogen (secondary N) is 4. The number of likely N-dealkylation sites (tertiary alicyclic amines) is 1. The third-order valence-electron chi connectivity index (χ3n) is 5.80. The number of anilines is 5.